The van der Waals surface area contributed by atoms with Crippen molar-refractivity contribution in [3.05, 3.63) is 46.6 Å². The zero-order chi connectivity index (χ0) is 18.7. The van der Waals surface area contributed by atoms with Gasteiger partial charge < -0.3 is 19.3 Å². The molecule has 2 atom stereocenters. The molecule has 1 amide bonds. The molecule has 1 fully saturated rings. The lowest BCUT2D eigenvalue weighted by molar-refractivity contribution is -0.0739. The van der Waals surface area contributed by atoms with Crippen LogP contribution in [0, 0.1) is 25.5 Å². The number of carbonyl (C=O) groups excluding carboxylic acids is 1. The van der Waals surface area contributed by atoms with Gasteiger partial charge in [0.2, 0.25) is 0 Å². The van der Waals surface area contributed by atoms with E-state index in [9.17, 15) is 13.6 Å². The van der Waals surface area contributed by atoms with Gasteiger partial charge in [0.15, 0.2) is 11.5 Å². The summed E-state index contributed by atoms with van der Waals surface area (Å²) in [6, 6.07) is 0.236. The molecule has 7 nitrogen and oxygen atoms in total. The summed E-state index contributed by atoms with van der Waals surface area (Å²) in [5.41, 5.74) is 1.12. The summed E-state index contributed by atoms with van der Waals surface area (Å²) in [4.78, 5) is 15.8. The topological polar surface area (TPSA) is 86.5 Å². The zero-order valence-electron chi connectivity index (χ0n) is 14.4. The van der Waals surface area contributed by atoms with Gasteiger partial charge in [0.25, 0.3) is 5.91 Å². The number of nitrogens with zero attached hydrogens (tertiary/aromatic N) is 2. The molecule has 0 aromatic carbocycles. The Balaban J connectivity index is 1.66. The van der Waals surface area contributed by atoms with Gasteiger partial charge in [0, 0.05) is 18.2 Å². The molecule has 3 rings (SSSR count). The second-order valence-corrected chi connectivity index (χ2v) is 6.08. The molecular weight excluding hydrogens is 348 g/mol. The minimum absolute atomic E-state index is 0.255. The lowest BCUT2D eigenvalue weighted by Crippen LogP contribution is -2.50. The van der Waals surface area contributed by atoms with Crippen molar-refractivity contribution < 1.29 is 27.6 Å². The van der Waals surface area contributed by atoms with Crippen LogP contribution in [-0.2, 0) is 16.1 Å². The second-order valence-electron chi connectivity index (χ2n) is 6.08. The van der Waals surface area contributed by atoms with Crippen LogP contribution in [0.25, 0.3) is 0 Å². The van der Waals surface area contributed by atoms with Crippen molar-refractivity contribution in [2.24, 2.45) is 0 Å². The number of aromatic nitrogens is 2. The molecule has 1 aliphatic rings. The van der Waals surface area contributed by atoms with Crippen molar-refractivity contribution >= 4 is 5.91 Å². The van der Waals surface area contributed by atoms with E-state index >= 15 is 0 Å². The van der Waals surface area contributed by atoms with Crippen LogP contribution in [0.2, 0.25) is 0 Å². The van der Waals surface area contributed by atoms with E-state index in [2.05, 4.69) is 15.5 Å². The highest BCUT2D eigenvalue weighted by Gasteiger charge is 2.30. The van der Waals surface area contributed by atoms with Crippen LogP contribution in [0.15, 0.2) is 16.8 Å². The molecule has 2 aromatic rings. The van der Waals surface area contributed by atoms with Crippen molar-refractivity contribution in [3.63, 3.8) is 0 Å². The molecule has 2 aromatic heterocycles. The average Bonchev–Trinajstić information content (AvgIpc) is 2.92. The summed E-state index contributed by atoms with van der Waals surface area (Å²) in [6.45, 7) is 4.58. The Morgan fingerprint density at radius 3 is 2.92 bits per heavy atom. The third-order valence-electron chi connectivity index (χ3n) is 4.27. The lowest BCUT2D eigenvalue weighted by Gasteiger charge is -2.32. The molecule has 0 aliphatic carbocycles. The molecule has 0 spiro atoms. The van der Waals surface area contributed by atoms with Crippen molar-refractivity contribution in [1.82, 2.24) is 15.5 Å². The standard InChI is InChI=1S/C17H19F2N3O4/c1-9-12(10(2)26-22-9)7-25-15-8-24-4-3-14(15)21-17(23)16-13(19)5-11(18)6-20-16/h5-6,14-15H,3-4,7-8H2,1-2H3,(H,21,23)/t14-,15-/m1/s1. The number of pyridine rings is 1. The van der Waals surface area contributed by atoms with Gasteiger partial charge in [-0.25, -0.2) is 13.8 Å². The summed E-state index contributed by atoms with van der Waals surface area (Å²) < 4.78 is 43.1. The molecular formula is C17H19F2N3O4. The van der Waals surface area contributed by atoms with E-state index in [-0.39, 0.29) is 19.3 Å². The van der Waals surface area contributed by atoms with Crippen molar-refractivity contribution in [3.8, 4) is 0 Å². The summed E-state index contributed by atoms with van der Waals surface area (Å²) >= 11 is 0. The van der Waals surface area contributed by atoms with Gasteiger partial charge in [-0.3, -0.25) is 4.79 Å². The minimum atomic E-state index is -1.01. The van der Waals surface area contributed by atoms with Crippen LogP contribution in [-0.4, -0.2) is 41.4 Å². The number of ether oxygens (including phenoxy) is 2. The largest absolute Gasteiger partial charge is 0.379 e. The molecule has 0 unspecified atom stereocenters. The summed E-state index contributed by atoms with van der Waals surface area (Å²) in [5.74, 6) is -1.91. The van der Waals surface area contributed by atoms with Crippen LogP contribution in [0.4, 0.5) is 8.78 Å². The maximum absolute atomic E-state index is 13.7. The third-order valence-corrected chi connectivity index (χ3v) is 4.27. The molecule has 1 saturated heterocycles. The number of nitrogens with one attached hydrogen (secondary N) is 1. The highest BCUT2D eigenvalue weighted by Crippen LogP contribution is 2.18. The first-order valence-electron chi connectivity index (χ1n) is 8.18. The maximum Gasteiger partial charge on any atom is 0.273 e. The lowest BCUT2D eigenvalue weighted by atomic mass is 10.1. The fourth-order valence-electron chi connectivity index (χ4n) is 2.76. The van der Waals surface area contributed by atoms with Crippen LogP contribution in [0.5, 0.6) is 0 Å². The number of hydrogen-bond donors (Lipinski definition) is 1. The summed E-state index contributed by atoms with van der Waals surface area (Å²) in [7, 11) is 0. The van der Waals surface area contributed by atoms with E-state index < -0.39 is 29.3 Å². The molecule has 9 heteroatoms. The predicted molar refractivity (Wildman–Crippen MR) is 85.4 cm³/mol. The minimum Gasteiger partial charge on any atom is -0.379 e. The average molecular weight is 367 g/mol. The Morgan fingerprint density at radius 2 is 2.23 bits per heavy atom. The van der Waals surface area contributed by atoms with Gasteiger partial charge >= 0.3 is 0 Å². The molecule has 1 N–H and O–H groups in total. The molecule has 3 heterocycles. The van der Waals surface area contributed by atoms with E-state index in [1.54, 1.807) is 6.92 Å². The second kappa shape index (κ2) is 7.88. The van der Waals surface area contributed by atoms with Gasteiger partial charge in [-0.05, 0) is 20.3 Å². The molecule has 140 valence electrons. The van der Waals surface area contributed by atoms with Gasteiger partial charge in [-0.1, -0.05) is 5.16 Å². The Bertz CT molecular complexity index is 777. The van der Waals surface area contributed by atoms with Crippen LogP contribution >= 0.6 is 0 Å². The molecule has 26 heavy (non-hydrogen) atoms. The monoisotopic (exact) mass is 367 g/mol. The van der Waals surface area contributed by atoms with Crippen LogP contribution in [0.1, 0.15) is 33.9 Å². The quantitative estimate of drug-likeness (QED) is 0.871. The van der Waals surface area contributed by atoms with Crippen molar-refractivity contribution in [2.75, 3.05) is 13.2 Å². The number of hydrogen-bond acceptors (Lipinski definition) is 6. The highest BCUT2D eigenvalue weighted by molar-refractivity contribution is 5.92. The number of carbonyl (C=O) groups is 1. The van der Waals surface area contributed by atoms with E-state index in [0.29, 0.717) is 24.9 Å². The van der Waals surface area contributed by atoms with Crippen LogP contribution in [0.3, 0.4) is 0 Å². The number of halogens is 2. The number of aryl methyl sites for hydroxylation is 2. The Labute approximate surface area is 148 Å². The van der Waals surface area contributed by atoms with Gasteiger partial charge in [-0.2, -0.15) is 0 Å². The number of rotatable bonds is 5. The zero-order valence-corrected chi connectivity index (χ0v) is 14.4. The normalized spacial score (nSPS) is 20.2. The fraction of sp³-hybridized carbons (Fsp3) is 0.471. The molecule has 0 saturated carbocycles. The Hall–Kier alpha value is -2.39. The Morgan fingerprint density at radius 1 is 1.42 bits per heavy atom. The highest BCUT2D eigenvalue weighted by atomic mass is 19.1. The van der Waals surface area contributed by atoms with Crippen LogP contribution < -0.4 is 5.32 Å². The Kier molecular flexibility index (Phi) is 5.58. The van der Waals surface area contributed by atoms with Gasteiger partial charge in [0.1, 0.15) is 17.7 Å². The first-order chi connectivity index (χ1) is 12.5. The number of amides is 1. The third kappa shape index (κ3) is 4.05. The molecule has 0 bridgehead atoms. The predicted octanol–water partition coefficient (Wildman–Crippen LogP) is 2.07. The van der Waals surface area contributed by atoms with E-state index in [4.69, 9.17) is 14.0 Å². The van der Waals surface area contributed by atoms with E-state index in [1.807, 2.05) is 6.92 Å². The van der Waals surface area contributed by atoms with Crippen molar-refractivity contribution in [1.29, 1.82) is 0 Å². The van der Waals surface area contributed by atoms with E-state index in [0.717, 1.165) is 17.5 Å². The maximum atomic E-state index is 13.7. The molecule has 1 aliphatic heterocycles. The summed E-state index contributed by atoms with van der Waals surface area (Å²) in [5, 5.41) is 6.56. The van der Waals surface area contributed by atoms with Crippen molar-refractivity contribution in [2.45, 2.75) is 39.0 Å². The first-order valence-corrected chi connectivity index (χ1v) is 8.18. The van der Waals surface area contributed by atoms with Gasteiger partial charge in [0.05, 0.1) is 31.1 Å². The van der Waals surface area contributed by atoms with Gasteiger partial charge in [-0.15, -0.1) is 0 Å². The first kappa shape index (κ1) is 18.4. The fourth-order valence-corrected chi connectivity index (χ4v) is 2.76. The smallest absolute Gasteiger partial charge is 0.273 e. The van der Waals surface area contributed by atoms with E-state index in [1.165, 1.54) is 0 Å². The summed E-state index contributed by atoms with van der Waals surface area (Å²) in [6.07, 6.45) is 0.874. The SMILES string of the molecule is Cc1noc(C)c1CO[C@@H]1COCC[C@H]1NC(=O)c1ncc(F)cc1F. The molecule has 0 radical (unpaired) electrons.